The average molecular weight is 434 g/mol. The molecular formula is C21H16ClN7O2. The molecule has 10 heteroatoms. The van der Waals surface area contributed by atoms with Crippen LogP contribution < -0.4 is 5.32 Å². The first-order valence-corrected chi connectivity index (χ1v) is 9.73. The third-order valence-corrected chi connectivity index (χ3v) is 5.09. The van der Waals surface area contributed by atoms with Crippen LogP contribution in [0, 0.1) is 6.92 Å². The van der Waals surface area contributed by atoms with Gasteiger partial charge in [-0.1, -0.05) is 11.6 Å². The van der Waals surface area contributed by atoms with Gasteiger partial charge in [0.05, 0.1) is 34.3 Å². The smallest absolute Gasteiger partial charge is 0.256 e. The molecule has 1 aromatic carbocycles. The lowest BCUT2D eigenvalue weighted by Crippen LogP contribution is -2.15. The molecule has 5 aromatic rings. The molecule has 1 N–H and O–H groups in total. The van der Waals surface area contributed by atoms with Crippen LogP contribution in [-0.4, -0.2) is 35.4 Å². The Labute approximate surface area is 181 Å². The van der Waals surface area contributed by atoms with E-state index in [4.69, 9.17) is 16.0 Å². The van der Waals surface area contributed by atoms with Crippen LogP contribution in [0.5, 0.6) is 0 Å². The highest BCUT2D eigenvalue weighted by molar-refractivity contribution is 6.31. The van der Waals surface area contributed by atoms with Crippen LogP contribution in [0.4, 0.5) is 5.69 Å². The normalized spacial score (nSPS) is 11.2. The molecule has 4 aromatic heterocycles. The number of halogens is 1. The molecule has 0 fully saturated rings. The Bertz CT molecular complexity index is 1410. The van der Waals surface area contributed by atoms with Gasteiger partial charge in [-0.3, -0.25) is 9.48 Å². The number of rotatable bonds is 4. The minimum absolute atomic E-state index is 0.333. The molecule has 0 saturated carbocycles. The second-order valence-corrected chi connectivity index (χ2v) is 7.33. The number of pyridine rings is 1. The summed E-state index contributed by atoms with van der Waals surface area (Å²) < 4.78 is 8.69. The van der Waals surface area contributed by atoms with Crippen molar-refractivity contribution in [1.82, 2.24) is 29.5 Å². The summed E-state index contributed by atoms with van der Waals surface area (Å²) in [7, 11) is 1.79. The maximum atomic E-state index is 13.4. The molecule has 9 nitrogen and oxygen atoms in total. The summed E-state index contributed by atoms with van der Waals surface area (Å²) in [6.07, 6.45) is 4.52. The third-order valence-electron chi connectivity index (χ3n) is 4.86. The van der Waals surface area contributed by atoms with Crippen molar-refractivity contribution >= 4 is 34.2 Å². The SMILES string of the molecule is Cc1nn(C)c2nc(-c3ccco3)cc(C(=O)Nc3cc(Cl)ccc3-n3cncn3)c12. The van der Waals surface area contributed by atoms with Gasteiger partial charge in [0.25, 0.3) is 5.91 Å². The zero-order valence-corrected chi connectivity index (χ0v) is 17.3. The van der Waals surface area contributed by atoms with Gasteiger partial charge in [-0.25, -0.2) is 14.6 Å². The Morgan fingerprint density at radius 3 is 2.84 bits per heavy atom. The predicted molar refractivity (Wildman–Crippen MR) is 115 cm³/mol. The van der Waals surface area contributed by atoms with Crippen LogP contribution in [0.15, 0.2) is 59.7 Å². The number of furan rings is 1. The molecule has 4 heterocycles. The van der Waals surface area contributed by atoms with Gasteiger partial charge >= 0.3 is 0 Å². The third kappa shape index (κ3) is 3.34. The summed E-state index contributed by atoms with van der Waals surface area (Å²) in [5, 5.41) is 12.7. The molecule has 0 saturated heterocycles. The van der Waals surface area contributed by atoms with Gasteiger partial charge in [0.15, 0.2) is 11.4 Å². The van der Waals surface area contributed by atoms with Crippen LogP contribution in [0.25, 0.3) is 28.2 Å². The first-order valence-electron chi connectivity index (χ1n) is 9.35. The van der Waals surface area contributed by atoms with E-state index in [0.29, 0.717) is 50.1 Å². The van der Waals surface area contributed by atoms with Gasteiger partial charge in [0.1, 0.15) is 18.3 Å². The number of hydrogen-bond donors (Lipinski definition) is 1. The van der Waals surface area contributed by atoms with E-state index in [-0.39, 0.29) is 5.91 Å². The molecule has 0 radical (unpaired) electrons. The maximum absolute atomic E-state index is 13.4. The highest BCUT2D eigenvalue weighted by atomic mass is 35.5. The zero-order valence-electron chi connectivity index (χ0n) is 16.6. The second kappa shape index (κ2) is 7.37. The molecule has 0 aliphatic carbocycles. The van der Waals surface area contributed by atoms with E-state index in [1.807, 2.05) is 6.92 Å². The molecule has 0 unspecified atom stereocenters. The fourth-order valence-electron chi connectivity index (χ4n) is 3.50. The molecule has 31 heavy (non-hydrogen) atoms. The number of nitrogens with one attached hydrogen (secondary N) is 1. The van der Waals surface area contributed by atoms with Crippen LogP contribution in [-0.2, 0) is 7.05 Å². The molecular weight excluding hydrogens is 418 g/mol. The first kappa shape index (κ1) is 19.0. The highest BCUT2D eigenvalue weighted by Crippen LogP contribution is 2.29. The lowest BCUT2D eigenvalue weighted by atomic mass is 10.1. The molecule has 5 rings (SSSR count). The number of aromatic nitrogens is 6. The number of aryl methyl sites for hydroxylation is 2. The number of amides is 1. The maximum Gasteiger partial charge on any atom is 0.256 e. The number of fused-ring (bicyclic) bond motifs is 1. The van der Waals surface area contributed by atoms with E-state index in [0.717, 1.165) is 0 Å². The fourth-order valence-corrected chi connectivity index (χ4v) is 3.68. The van der Waals surface area contributed by atoms with Gasteiger partial charge in [-0.05, 0) is 43.3 Å². The zero-order chi connectivity index (χ0) is 21.5. The van der Waals surface area contributed by atoms with Crippen LogP contribution in [0.2, 0.25) is 5.02 Å². The van der Waals surface area contributed by atoms with E-state index < -0.39 is 0 Å². The van der Waals surface area contributed by atoms with Crippen molar-refractivity contribution in [2.45, 2.75) is 6.92 Å². The Hall–Kier alpha value is -3.98. The summed E-state index contributed by atoms with van der Waals surface area (Å²) in [5.41, 5.74) is 3.37. The lowest BCUT2D eigenvalue weighted by molar-refractivity contribution is 0.102. The standard InChI is InChI=1S/C21H16ClN7O2/c1-12-19-14(9-16(18-4-3-7-31-18)25-20(19)28(2)27-12)21(30)26-15-8-13(22)5-6-17(15)29-11-23-10-24-29/h3-11H,1-2H3,(H,26,30). The summed E-state index contributed by atoms with van der Waals surface area (Å²) in [6.45, 7) is 1.84. The van der Waals surface area contributed by atoms with Crippen molar-refractivity contribution < 1.29 is 9.21 Å². The van der Waals surface area contributed by atoms with Crippen molar-refractivity contribution in [1.29, 1.82) is 0 Å². The molecule has 0 spiro atoms. The second-order valence-electron chi connectivity index (χ2n) is 6.90. The lowest BCUT2D eigenvalue weighted by Gasteiger charge is -2.12. The molecule has 1 amide bonds. The molecule has 0 aliphatic heterocycles. The molecule has 0 atom stereocenters. The first-order chi connectivity index (χ1) is 15.0. The number of hydrogen-bond acceptors (Lipinski definition) is 6. The van der Waals surface area contributed by atoms with Crippen molar-refractivity contribution in [3.05, 3.63) is 71.6 Å². The Morgan fingerprint density at radius 1 is 1.23 bits per heavy atom. The monoisotopic (exact) mass is 433 g/mol. The van der Waals surface area contributed by atoms with Crippen molar-refractivity contribution in [2.24, 2.45) is 7.05 Å². The summed E-state index contributed by atoms with van der Waals surface area (Å²) in [6, 6.07) is 10.4. The van der Waals surface area contributed by atoms with Gasteiger partial charge in [0.2, 0.25) is 0 Å². The van der Waals surface area contributed by atoms with E-state index in [9.17, 15) is 4.79 Å². The number of benzene rings is 1. The van der Waals surface area contributed by atoms with Crippen molar-refractivity contribution in [2.75, 3.05) is 5.32 Å². The van der Waals surface area contributed by atoms with Gasteiger partial charge in [0, 0.05) is 12.1 Å². The van der Waals surface area contributed by atoms with Crippen LogP contribution >= 0.6 is 11.6 Å². The quantitative estimate of drug-likeness (QED) is 0.459. The number of nitrogens with zero attached hydrogens (tertiary/aromatic N) is 6. The largest absolute Gasteiger partial charge is 0.463 e. The number of carbonyl (C=O) groups excluding carboxylic acids is 1. The minimum Gasteiger partial charge on any atom is -0.463 e. The van der Waals surface area contributed by atoms with Gasteiger partial charge < -0.3 is 9.73 Å². The van der Waals surface area contributed by atoms with Crippen molar-refractivity contribution in [3.8, 4) is 17.1 Å². The van der Waals surface area contributed by atoms with Crippen LogP contribution in [0.1, 0.15) is 16.1 Å². The van der Waals surface area contributed by atoms with E-state index in [1.54, 1.807) is 65.4 Å². The summed E-state index contributed by atoms with van der Waals surface area (Å²) in [5.74, 6) is 0.223. The number of carbonyl (C=O) groups is 1. The van der Waals surface area contributed by atoms with E-state index in [2.05, 4.69) is 25.5 Å². The molecule has 0 bridgehead atoms. The Morgan fingerprint density at radius 2 is 2.10 bits per heavy atom. The topological polar surface area (TPSA) is 104 Å². The van der Waals surface area contributed by atoms with Gasteiger partial charge in [-0.15, -0.1) is 0 Å². The summed E-state index contributed by atoms with van der Waals surface area (Å²) >= 11 is 6.19. The Kier molecular flexibility index (Phi) is 4.52. The molecule has 0 aliphatic rings. The predicted octanol–water partition coefficient (Wildman–Crippen LogP) is 4.02. The minimum atomic E-state index is -0.333. The van der Waals surface area contributed by atoms with Crippen molar-refractivity contribution in [3.63, 3.8) is 0 Å². The van der Waals surface area contributed by atoms with E-state index >= 15 is 0 Å². The van der Waals surface area contributed by atoms with E-state index in [1.165, 1.54) is 6.33 Å². The average Bonchev–Trinajstić information content (AvgIpc) is 3.50. The Balaban J connectivity index is 1.64. The summed E-state index contributed by atoms with van der Waals surface area (Å²) in [4.78, 5) is 22.1. The molecule has 154 valence electrons. The number of anilines is 1. The fraction of sp³-hybridized carbons (Fsp3) is 0.0952. The highest BCUT2D eigenvalue weighted by Gasteiger charge is 2.21. The van der Waals surface area contributed by atoms with Crippen LogP contribution in [0.3, 0.4) is 0 Å². The van der Waals surface area contributed by atoms with Gasteiger partial charge in [-0.2, -0.15) is 10.2 Å².